The molecule has 0 radical (unpaired) electrons. The third kappa shape index (κ3) is 3.16. The molecule has 0 aromatic carbocycles. The highest BCUT2D eigenvalue weighted by Crippen LogP contribution is 2.29. The molecule has 4 unspecified atom stereocenters. The van der Waals surface area contributed by atoms with Crippen molar-refractivity contribution in [3.05, 3.63) is 18.0 Å². The molecule has 0 saturated carbocycles. The molecule has 4 atom stereocenters. The highest BCUT2D eigenvalue weighted by Gasteiger charge is 2.34. The number of nitrogens with two attached hydrogens (primary N) is 1. The summed E-state index contributed by atoms with van der Waals surface area (Å²) in [5.41, 5.74) is 7.58. The van der Waals surface area contributed by atoms with E-state index in [9.17, 15) is 0 Å². The van der Waals surface area contributed by atoms with Crippen LogP contribution in [0.5, 0.6) is 0 Å². The van der Waals surface area contributed by atoms with E-state index in [1.807, 2.05) is 17.9 Å². The largest absolute Gasteiger partial charge is 0.376 e. The number of rotatable bonds is 4. The molecule has 5 heteroatoms. The van der Waals surface area contributed by atoms with Crippen molar-refractivity contribution in [3.63, 3.8) is 0 Å². The van der Waals surface area contributed by atoms with Crippen LogP contribution in [0.2, 0.25) is 0 Å². The van der Waals surface area contributed by atoms with Gasteiger partial charge in [0, 0.05) is 37.4 Å². The molecule has 2 heterocycles. The molecule has 108 valence electrons. The van der Waals surface area contributed by atoms with E-state index in [0.717, 1.165) is 19.6 Å². The molecule has 1 aromatic rings. The van der Waals surface area contributed by atoms with Crippen molar-refractivity contribution >= 4 is 0 Å². The smallest absolute Gasteiger partial charge is 0.0675 e. The van der Waals surface area contributed by atoms with Gasteiger partial charge in [0.2, 0.25) is 0 Å². The van der Waals surface area contributed by atoms with E-state index in [2.05, 4.69) is 37.0 Å². The van der Waals surface area contributed by atoms with Gasteiger partial charge in [0.05, 0.1) is 24.9 Å². The molecule has 19 heavy (non-hydrogen) atoms. The zero-order valence-electron chi connectivity index (χ0n) is 12.4. The van der Waals surface area contributed by atoms with Gasteiger partial charge in [0.25, 0.3) is 0 Å². The Labute approximate surface area is 115 Å². The van der Waals surface area contributed by atoms with E-state index in [1.54, 1.807) is 0 Å². The lowest BCUT2D eigenvalue weighted by molar-refractivity contribution is -0.0707. The summed E-state index contributed by atoms with van der Waals surface area (Å²) in [4.78, 5) is 2.47. The van der Waals surface area contributed by atoms with E-state index in [1.165, 1.54) is 5.56 Å². The fraction of sp³-hybridized carbons (Fsp3) is 0.786. The number of aryl methyl sites for hydroxylation is 1. The number of hydrogen-bond donors (Lipinski definition) is 1. The van der Waals surface area contributed by atoms with Gasteiger partial charge in [-0.2, -0.15) is 5.10 Å². The van der Waals surface area contributed by atoms with Crippen LogP contribution in [-0.4, -0.2) is 46.0 Å². The minimum Gasteiger partial charge on any atom is -0.376 e. The molecule has 1 fully saturated rings. The highest BCUT2D eigenvalue weighted by atomic mass is 16.5. The van der Waals surface area contributed by atoms with E-state index in [0.29, 0.717) is 6.04 Å². The van der Waals surface area contributed by atoms with Gasteiger partial charge in [0.1, 0.15) is 0 Å². The van der Waals surface area contributed by atoms with Crippen LogP contribution in [0.1, 0.15) is 38.8 Å². The van der Waals surface area contributed by atoms with Gasteiger partial charge in [0.15, 0.2) is 0 Å². The van der Waals surface area contributed by atoms with Crippen LogP contribution >= 0.6 is 0 Å². The maximum atomic E-state index is 6.38. The Morgan fingerprint density at radius 3 is 2.84 bits per heavy atom. The van der Waals surface area contributed by atoms with E-state index in [-0.39, 0.29) is 18.2 Å². The molecule has 2 N–H and O–H groups in total. The molecule has 2 rings (SSSR count). The fourth-order valence-corrected chi connectivity index (χ4v) is 2.82. The summed E-state index contributed by atoms with van der Waals surface area (Å²) in [6.45, 7) is 8.17. The second kappa shape index (κ2) is 6.03. The van der Waals surface area contributed by atoms with Crippen LogP contribution < -0.4 is 5.73 Å². The summed E-state index contributed by atoms with van der Waals surface area (Å²) >= 11 is 0. The molecule has 1 aliphatic heterocycles. The first-order valence-electron chi connectivity index (χ1n) is 7.14. The van der Waals surface area contributed by atoms with Crippen molar-refractivity contribution in [2.24, 2.45) is 12.8 Å². The molecule has 0 aliphatic carbocycles. The molecule has 0 spiro atoms. The monoisotopic (exact) mass is 266 g/mol. The van der Waals surface area contributed by atoms with Gasteiger partial charge in [-0.1, -0.05) is 6.92 Å². The van der Waals surface area contributed by atoms with E-state index >= 15 is 0 Å². The van der Waals surface area contributed by atoms with Crippen LogP contribution in [0.25, 0.3) is 0 Å². The average molecular weight is 266 g/mol. The second-order valence-electron chi connectivity index (χ2n) is 5.65. The first kappa shape index (κ1) is 14.5. The molecule has 0 bridgehead atoms. The Bertz CT molecular complexity index is 406. The Hall–Kier alpha value is -0.910. The van der Waals surface area contributed by atoms with Crippen LogP contribution in [-0.2, 0) is 11.8 Å². The predicted molar refractivity (Wildman–Crippen MR) is 75.8 cm³/mol. The number of hydrogen-bond acceptors (Lipinski definition) is 4. The average Bonchev–Trinajstić information content (AvgIpc) is 2.80. The van der Waals surface area contributed by atoms with Crippen molar-refractivity contribution in [2.75, 3.05) is 13.2 Å². The first-order chi connectivity index (χ1) is 9.02. The Morgan fingerprint density at radius 2 is 2.26 bits per heavy atom. The molecule has 1 aliphatic rings. The summed E-state index contributed by atoms with van der Waals surface area (Å²) in [5.74, 6) is 0. The second-order valence-corrected chi connectivity index (χ2v) is 5.65. The van der Waals surface area contributed by atoms with Crippen molar-refractivity contribution in [2.45, 2.75) is 51.4 Å². The summed E-state index contributed by atoms with van der Waals surface area (Å²) < 4.78 is 7.57. The Morgan fingerprint density at radius 1 is 1.53 bits per heavy atom. The molecule has 1 saturated heterocycles. The summed E-state index contributed by atoms with van der Waals surface area (Å²) in [5, 5.41) is 4.30. The summed E-state index contributed by atoms with van der Waals surface area (Å²) in [6.07, 6.45) is 5.23. The molecule has 0 amide bonds. The molecule has 5 nitrogen and oxygen atoms in total. The van der Waals surface area contributed by atoms with Crippen molar-refractivity contribution in [1.29, 1.82) is 0 Å². The highest BCUT2D eigenvalue weighted by molar-refractivity contribution is 5.14. The lowest BCUT2D eigenvalue weighted by Gasteiger charge is -2.43. The summed E-state index contributed by atoms with van der Waals surface area (Å²) in [6, 6.07) is 0.732. The third-order valence-electron chi connectivity index (χ3n) is 3.96. The minimum absolute atomic E-state index is 0.122. The van der Waals surface area contributed by atoms with Crippen LogP contribution in [0, 0.1) is 0 Å². The topological polar surface area (TPSA) is 56.3 Å². The van der Waals surface area contributed by atoms with Gasteiger partial charge in [-0.15, -0.1) is 0 Å². The number of morpholine rings is 1. The summed E-state index contributed by atoms with van der Waals surface area (Å²) in [7, 11) is 1.95. The molecular weight excluding hydrogens is 240 g/mol. The van der Waals surface area contributed by atoms with Crippen molar-refractivity contribution in [3.8, 4) is 0 Å². The molecular formula is C14H26N4O. The van der Waals surface area contributed by atoms with E-state index < -0.39 is 0 Å². The van der Waals surface area contributed by atoms with Gasteiger partial charge in [-0.25, -0.2) is 0 Å². The lowest BCUT2D eigenvalue weighted by atomic mass is 9.96. The SMILES string of the molecule is CCC(N)C(c1cnn(C)c1)N1CC(C)OCC1C. The number of aromatic nitrogens is 2. The standard InChI is InChI=1S/C14H26N4O/c1-5-13(15)14(12-6-16-17(4)8-12)18-7-11(3)19-9-10(18)2/h6,8,10-11,13-14H,5,7,9,15H2,1-4H3. The predicted octanol–water partition coefficient (Wildman–Crippen LogP) is 1.31. The number of nitrogens with zero attached hydrogens (tertiary/aromatic N) is 3. The van der Waals surface area contributed by atoms with Gasteiger partial charge in [-0.3, -0.25) is 9.58 Å². The zero-order chi connectivity index (χ0) is 14.0. The van der Waals surface area contributed by atoms with Crippen LogP contribution in [0.3, 0.4) is 0 Å². The quantitative estimate of drug-likeness (QED) is 0.892. The van der Waals surface area contributed by atoms with Crippen molar-refractivity contribution < 1.29 is 4.74 Å². The van der Waals surface area contributed by atoms with Gasteiger partial charge < -0.3 is 10.5 Å². The minimum atomic E-state index is 0.122. The van der Waals surface area contributed by atoms with Gasteiger partial charge >= 0.3 is 0 Å². The van der Waals surface area contributed by atoms with Gasteiger partial charge in [-0.05, 0) is 20.3 Å². The zero-order valence-corrected chi connectivity index (χ0v) is 12.4. The molecule has 1 aromatic heterocycles. The Balaban J connectivity index is 2.26. The number of ether oxygens (including phenoxy) is 1. The fourth-order valence-electron chi connectivity index (χ4n) is 2.82. The normalized spacial score (nSPS) is 28.3. The first-order valence-corrected chi connectivity index (χ1v) is 7.14. The van der Waals surface area contributed by atoms with Crippen LogP contribution in [0.15, 0.2) is 12.4 Å². The maximum Gasteiger partial charge on any atom is 0.0675 e. The third-order valence-corrected chi connectivity index (χ3v) is 3.96. The Kier molecular flexibility index (Phi) is 4.60. The van der Waals surface area contributed by atoms with Crippen LogP contribution in [0.4, 0.5) is 0 Å². The lowest BCUT2D eigenvalue weighted by Crippen LogP contribution is -2.53. The van der Waals surface area contributed by atoms with Crippen molar-refractivity contribution in [1.82, 2.24) is 14.7 Å². The van der Waals surface area contributed by atoms with E-state index in [4.69, 9.17) is 10.5 Å². The maximum absolute atomic E-state index is 6.38.